The van der Waals surface area contributed by atoms with E-state index in [0.29, 0.717) is 5.56 Å². The molecular formula is C10H8N4OS. The lowest BCUT2D eigenvalue weighted by atomic mass is 10.2. The predicted octanol–water partition coefficient (Wildman–Crippen LogP) is 1.27. The molecule has 80 valence electrons. The first-order valence-corrected chi connectivity index (χ1v) is 5.89. The minimum atomic E-state index is -0.940. The third-order valence-electron chi connectivity index (χ3n) is 2.39. The van der Waals surface area contributed by atoms with E-state index in [0.717, 1.165) is 10.6 Å². The van der Waals surface area contributed by atoms with E-state index in [1.165, 1.54) is 0 Å². The molecule has 0 bridgehead atoms. The van der Waals surface area contributed by atoms with Gasteiger partial charge in [-0.15, -0.1) is 0 Å². The highest BCUT2D eigenvalue weighted by molar-refractivity contribution is 7.85. The number of aromatic nitrogens is 2. The highest BCUT2D eigenvalue weighted by Gasteiger charge is 2.23. The van der Waals surface area contributed by atoms with Crippen LogP contribution in [-0.4, -0.2) is 15.7 Å². The fraction of sp³-hybridized carbons (Fsp3) is 0. The van der Waals surface area contributed by atoms with E-state index >= 15 is 0 Å². The molecule has 1 aromatic carbocycles. The number of nitrogens with zero attached hydrogens (tertiary/aromatic N) is 2. The van der Waals surface area contributed by atoms with Gasteiger partial charge >= 0.3 is 0 Å². The summed E-state index contributed by atoms with van der Waals surface area (Å²) in [7, 11) is -0.940. The molecule has 0 radical (unpaired) electrons. The number of hydrogen-bond acceptors (Lipinski definition) is 3. The van der Waals surface area contributed by atoms with Crippen LogP contribution < -0.4 is 4.72 Å². The van der Waals surface area contributed by atoms with Crippen LogP contribution >= 0.6 is 0 Å². The molecule has 1 unspecified atom stereocenters. The molecule has 3 rings (SSSR count). The predicted molar refractivity (Wildman–Crippen MR) is 59.4 cm³/mol. The molecule has 2 heterocycles. The van der Waals surface area contributed by atoms with Gasteiger partial charge < -0.3 is 0 Å². The summed E-state index contributed by atoms with van der Waals surface area (Å²) in [5, 5.41) is 4.11. The van der Waals surface area contributed by atoms with E-state index in [4.69, 9.17) is 4.78 Å². The SMILES string of the molecule is N=S1NC(=O)c2ccc(-n3cccn3)cc21. The first-order chi connectivity index (χ1) is 7.75. The fourth-order valence-electron chi connectivity index (χ4n) is 1.63. The number of carbonyl (C=O) groups excluding carboxylic acids is 1. The van der Waals surface area contributed by atoms with E-state index in [1.807, 2.05) is 24.4 Å². The van der Waals surface area contributed by atoms with Gasteiger partial charge in [0.15, 0.2) is 0 Å². The summed E-state index contributed by atoms with van der Waals surface area (Å²) >= 11 is 0. The van der Waals surface area contributed by atoms with Crippen LogP contribution in [-0.2, 0) is 10.9 Å². The third kappa shape index (κ3) is 1.27. The van der Waals surface area contributed by atoms with Crippen LogP contribution in [0.3, 0.4) is 0 Å². The molecule has 5 nitrogen and oxygen atoms in total. The molecule has 6 heteroatoms. The van der Waals surface area contributed by atoms with Crippen LogP contribution in [0, 0.1) is 4.78 Å². The van der Waals surface area contributed by atoms with Crippen molar-refractivity contribution < 1.29 is 4.79 Å². The molecule has 2 N–H and O–H groups in total. The van der Waals surface area contributed by atoms with E-state index in [2.05, 4.69) is 9.82 Å². The summed E-state index contributed by atoms with van der Waals surface area (Å²) in [6.45, 7) is 0. The second-order valence-electron chi connectivity index (χ2n) is 3.37. The Morgan fingerprint density at radius 3 is 3.06 bits per heavy atom. The lowest BCUT2D eigenvalue weighted by molar-refractivity contribution is 0.0986. The second kappa shape index (κ2) is 3.28. The number of fused-ring (bicyclic) bond motifs is 1. The Balaban J connectivity index is 2.17. The molecule has 0 fully saturated rings. The van der Waals surface area contributed by atoms with Crippen molar-refractivity contribution in [3.8, 4) is 5.69 Å². The number of rotatable bonds is 1. The minimum absolute atomic E-state index is 0.166. The molecule has 1 aliphatic heterocycles. The van der Waals surface area contributed by atoms with E-state index < -0.39 is 10.9 Å². The lowest BCUT2D eigenvalue weighted by Crippen LogP contribution is -2.14. The van der Waals surface area contributed by atoms with Gasteiger partial charge in [0.25, 0.3) is 5.91 Å². The van der Waals surface area contributed by atoms with Crippen LogP contribution in [0.5, 0.6) is 0 Å². The summed E-state index contributed by atoms with van der Waals surface area (Å²) in [5.41, 5.74) is 1.46. The molecule has 0 spiro atoms. The van der Waals surface area contributed by atoms with Gasteiger partial charge in [-0.2, -0.15) is 5.10 Å². The van der Waals surface area contributed by atoms with Crippen molar-refractivity contribution in [3.63, 3.8) is 0 Å². The van der Waals surface area contributed by atoms with Crippen LogP contribution in [0.25, 0.3) is 5.69 Å². The van der Waals surface area contributed by atoms with E-state index in [1.54, 1.807) is 16.9 Å². The maximum Gasteiger partial charge on any atom is 0.263 e. The summed E-state index contributed by atoms with van der Waals surface area (Å²) in [6, 6.07) is 7.23. The maximum atomic E-state index is 11.4. The molecule has 1 amide bonds. The van der Waals surface area contributed by atoms with E-state index in [9.17, 15) is 4.79 Å². The highest BCUT2D eigenvalue weighted by Crippen LogP contribution is 2.22. The Bertz CT molecular complexity index is 591. The van der Waals surface area contributed by atoms with Crippen molar-refractivity contribution >= 4 is 16.8 Å². The summed E-state index contributed by atoms with van der Waals surface area (Å²) in [5.74, 6) is -0.166. The van der Waals surface area contributed by atoms with Crippen molar-refractivity contribution in [2.75, 3.05) is 0 Å². The second-order valence-corrected chi connectivity index (χ2v) is 4.62. The number of hydrogen-bond donors (Lipinski definition) is 2. The highest BCUT2D eigenvalue weighted by atomic mass is 32.2. The summed E-state index contributed by atoms with van der Waals surface area (Å²) < 4.78 is 12.0. The standard InChI is InChI=1S/C10H8N4OS/c11-16-9-6-7(14-5-1-4-12-14)2-3-8(9)10(15)13-16/h1-6H,(H2,11,13,15). The topological polar surface area (TPSA) is 70.8 Å². The molecule has 1 aromatic heterocycles. The molecule has 0 saturated carbocycles. The Morgan fingerprint density at radius 1 is 1.44 bits per heavy atom. The van der Waals surface area contributed by atoms with Gasteiger partial charge in [-0.3, -0.25) is 14.3 Å². The van der Waals surface area contributed by atoms with Gasteiger partial charge in [0.1, 0.15) is 0 Å². The Morgan fingerprint density at radius 2 is 2.31 bits per heavy atom. The average Bonchev–Trinajstić information content (AvgIpc) is 2.88. The molecule has 16 heavy (non-hydrogen) atoms. The van der Waals surface area contributed by atoms with Gasteiger partial charge in [0.05, 0.1) is 16.1 Å². The Hall–Kier alpha value is -1.95. The van der Waals surface area contributed by atoms with Gasteiger partial charge in [-0.1, -0.05) is 0 Å². The molecule has 1 atom stereocenters. The van der Waals surface area contributed by atoms with Gasteiger partial charge in [-0.25, -0.2) is 4.68 Å². The van der Waals surface area contributed by atoms with Gasteiger partial charge in [-0.05, 0) is 24.3 Å². The molecule has 2 aromatic rings. The first kappa shape index (κ1) is 9.29. The number of carbonyl (C=O) groups is 1. The lowest BCUT2D eigenvalue weighted by Gasteiger charge is -2.03. The van der Waals surface area contributed by atoms with Crippen molar-refractivity contribution in [2.45, 2.75) is 4.90 Å². The summed E-state index contributed by atoms with van der Waals surface area (Å²) in [6.07, 6.45) is 3.52. The molecule has 0 saturated heterocycles. The number of nitrogens with one attached hydrogen (secondary N) is 2. The zero-order valence-corrected chi connectivity index (χ0v) is 8.99. The maximum absolute atomic E-state index is 11.4. The van der Waals surface area contributed by atoms with Crippen LogP contribution in [0.1, 0.15) is 10.4 Å². The van der Waals surface area contributed by atoms with Crippen LogP contribution in [0.15, 0.2) is 41.6 Å². The Labute approximate surface area is 94.1 Å². The minimum Gasteiger partial charge on any atom is -0.284 e. The normalized spacial score (nSPS) is 18.2. The summed E-state index contributed by atoms with van der Waals surface area (Å²) in [4.78, 5) is 12.2. The monoisotopic (exact) mass is 232 g/mol. The van der Waals surface area contributed by atoms with Crippen molar-refractivity contribution in [3.05, 3.63) is 42.2 Å². The Kier molecular flexibility index (Phi) is 1.90. The molecular weight excluding hydrogens is 224 g/mol. The average molecular weight is 232 g/mol. The zero-order valence-electron chi connectivity index (χ0n) is 8.18. The van der Waals surface area contributed by atoms with Crippen LogP contribution in [0.4, 0.5) is 0 Å². The fourth-order valence-corrected chi connectivity index (χ4v) is 2.66. The largest absolute Gasteiger partial charge is 0.284 e. The number of benzene rings is 1. The third-order valence-corrected chi connectivity index (χ3v) is 3.56. The van der Waals surface area contributed by atoms with Crippen molar-refractivity contribution in [2.24, 2.45) is 0 Å². The smallest absolute Gasteiger partial charge is 0.263 e. The first-order valence-electron chi connectivity index (χ1n) is 4.66. The van der Waals surface area contributed by atoms with Crippen molar-refractivity contribution in [1.82, 2.24) is 14.5 Å². The number of amides is 1. The van der Waals surface area contributed by atoms with Gasteiger partial charge in [0.2, 0.25) is 0 Å². The zero-order chi connectivity index (χ0) is 11.1. The van der Waals surface area contributed by atoms with Crippen LogP contribution in [0.2, 0.25) is 0 Å². The molecule has 0 aliphatic carbocycles. The quantitative estimate of drug-likeness (QED) is 0.777. The molecule has 1 aliphatic rings. The van der Waals surface area contributed by atoms with Crippen molar-refractivity contribution in [1.29, 1.82) is 4.78 Å². The van der Waals surface area contributed by atoms with Gasteiger partial charge in [0, 0.05) is 23.3 Å². The van der Waals surface area contributed by atoms with E-state index in [-0.39, 0.29) is 5.91 Å².